The van der Waals surface area contributed by atoms with Crippen LogP contribution in [0, 0.1) is 5.82 Å². The van der Waals surface area contributed by atoms with Crippen LogP contribution in [-0.4, -0.2) is 16.2 Å². The molecule has 1 atom stereocenters. The maximum absolute atomic E-state index is 12.9. The molecule has 0 fully saturated rings. The predicted octanol–water partition coefficient (Wildman–Crippen LogP) is 1.53. The molecule has 0 radical (unpaired) electrons. The summed E-state index contributed by atoms with van der Waals surface area (Å²) in [5, 5.41) is 8.95. The maximum Gasteiger partial charge on any atom is 0.144 e. The van der Waals surface area contributed by atoms with Gasteiger partial charge < -0.3 is 5.11 Å². The van der Waals surface area contributed by atoms with Crippen LogP contribution in [0.1, 0.15) is 19.0 Å². The number of hydrogen-bond acceptors (Lipinski definition) is 2. The van der Waals surface area contributed by atoms with E-state index in [4.69, 9.17) is 5.11 Å². The number of hydrogen-bond donors (Lipinski definition) is 1. The number of nitrogens with zero attached hydrogens (tertiary/aromatic N) is 1. The molecule has 3 heteroatoms. The predicted molar refractivity (Wildman–Crippen MR) is 44.2 cm³/mol. The molecule has 0 aromatic carbocycles. The van der Waals surface area contributed by atoms with Gasteiger partial charge in [-0.3, -0.25) is 4.98 Å². The van der Waals surface area contributed by atoms with E-state index in [-0.39, 0.29) is 5.82 Å². The normalized spacial score (nSPS) is 12.9. The summed E-state index contributed by atoms with van der Waals surface area (Å²) in [6.07, 6.45) is 2.20. The zero-order valence-corrected chi connectivity index (χ0v) is 7.00. The minimum absolute atomic E-state index is 0.293. The Hall–Kier alpha value is -0.960. The van der Waals surface area contributed by atoms with E-state index in [1.807, 2.05) is 0 Å². The van der Waals surface area contributed by atoms with E-state index in [9.17, 15) is 4.39 Å². The number of aryl methyl sites for hydroxylation is 1. The van der Waals surface area contributed by atoms with E-state index in [2.05, 4.69) is 4.98 Å². The van der Waals surface area contributed by atoms with Gasteiger partial charge in [-0.05, 0) is 31.9 Å². The van der Waals surface area contributed by atoms with Crippen LogP contribution < -0.4 is 0 Å². The average Bonchev–Trinajstić information content (AvgIpc) is 2.03. The van der Waals surface area contributed by atoms with Crippen molar-refractivity contribution in [3.05, 3.63) is 29.8 Å². The van der Waals surface area contributed by atoms with E-state index in [0.717, 1.165) is 0 Å². The van der Waals surface area contributed by atoms with E-state index in [1.165, 1.54) is 6.07 Å². The average molecular weight is 169 g/mol. The summed E-state index contributed by atoms with van der Waals surface area (Å²) in [6.45, 7) is 1.68. The first-order valence-electron chi connectivity index (χ1n) is 3.97. The third-order valence-corrected chi connectivity index (χ3v) is 1.63. The van der Waals surface area contributed by atoms with Crippen LogP contribution in [0.25, 0.3) is 0 Å². The molecule has 66 valence electrons. The third kappa shape index (κ3) is 2.58. The second kappa shape index (κ2) is 4.16. The smallest absolute Gasteiger partial charge is 0.144 e. The van der Waals surface area contributed by atoms with Crippen LogP contribution >= 0.6 is 0 Å². The largest absolute Gasteiger partial charge is 0.393 e. The van der Waals surface area contributed by atoms with Crippen molar-refractivity contribution in [1.82, 2.24) is 4.98 Å². The Balaban J connectivity index is 2.57. The summed E-state index contributed by atoms with van der Waals surface area (Å²) in [5.74, 6) is -0.293. The van der Waals surface area contributed by atoms with Crippen molar-refractivity contribution in [2.45, 2.75) is 25.9 Å². The van der Waals surface area contributed by atoms with Gasteiger partial charge in [0.25, 0.3) is 0 Å². The first-order chi connectivity index (χ1) is 5.70. The molecule has 0 bridgehead atoms. The molecule has 0 saturated carbocycles. The Bertz CT molecular complexity index is 250. The second-order valence-electron chi connectivity index (χ2n) is 2.82. The summed E-state index contributed by atoms with van der Waals surface area (Å²) in [4.78, 5) is 3.86. The molecule has 1 rings (SSSR count). The highest BCUT2D eigenvalue weighted by molar-refractivity contribution is 5.06. The van der Waals surface area contributed by atoms with E-state index in [0.29, 0.717) is 18.5 Å². The fraction of sp³-hybridized carbons (Fsp3) is 0.444. The third-order valence-electron chi connectivity index (χ3n) is 1.63. The highest BCUT2D eigenvalue weighted by Crippen LogP contribution is 2.06. The molecule has 0 saturated heterocycles. The Morgan fingerprint density at radius 2 is 2.42 bits per heavy atom. The van der Waals surface area contributed by atoms with E-state index >= 15 is 0 Å². The molecule has 0 amide bonds. The van der Waals surface area contributed by atoms with Crippen LogP contribution in [0.2, 0.25) is 0 Å². The zero-order valence-electron chi connectivity index (χ0n) is 7.00. The Morgan fingerprint density at radius 3 is 3.00 bits per heavy atom. The van der Waals surface area contributed by atoms with Crippen molar-refractivity contribution in [3.63, 3.8) is 0 Å². The standard InChI is InChI=1S/C9H12FNO/c1-7(12)4-5-9-8(10)3-2-6-11-9/h2-3,6-7,12H,4-5H2,1H3/t7-/m0/s1. The van der Waals surface area contributed by atoms with Crippen molar-refractivity contribution in [1.29, 1.82) is 0 Å². The summed E-state index contributed by atoms with van der Waals surface area (Å²) < 4.78 is 12.9. The van der Waals surface area contributed by atoms with Gasteiger partial charge in [-0.2, -0.15) is 0 Å². The van der Waals surface area contributed by atoms with Gasteiger partial charge in [0.05, 0.1) is 11.8 Å². The molecular formula is C9H12FNO. The van der Waals surface area contributed by atoms with Gasteiger partial charge in [0.2, 0.25) is 0 Å². The molecule has 0 unspecified atom stereocenters. The molecule has 0 aliphatic heterocycles. The first-order valence-corrected chi connectivity index (χ1v) is 3.97. The fourth-order valence-electron chi connectivity index (χ4n) is 0.948. The molecular weight excluding hydrogens is 157 g/mol. The van der Waals surface area contributed by atoms with Crippen LogP contribution in [0.4, 0.5) is 4.39 Å². The minimum atomic E-state index is -0.397. The molecule has 1 aromatic heterocycles. The highest BCUT2D eigenvalue weighted by atomic mass is 19.1. The fourth-order valence-corrected chi connectivity index (χ4v) is 0.948. The SMILES string of the molecule is C[C@H](O)CCc1ncccc1F. The number of pyridine rings is 1. The van der Waals surface area contributed by atoms with Crippen LogP contribution in [0.5, 0.6) is 0 Å². The molecule has 1 aromatic rings. The maximum atomic E-state index is 12.9. The van der Waals surface area contributed by atoms with Crippen molar-refractivity contribution >= 4 is 0 Å². The molecule has 0 spiro atoms. The van der Waals surface area contributed by atoms with Crippen LogP contribution in [-0.2, 0) is 6.42 Å². The lowest BCUT2D eigenvalue weighted by molar-refractivity contribution is 0.184. The minimum Gasteiger partial charge on any atom is -0.393 e. The van der Waals surface area contributed by atoms with Crippen LogP contribution in [0.15, 0.2) is 18.3 Å². The van der Waals surface area contributed by atoms with E-state index in [1.54, 1.807) is 19.2 Å². The van der Waals surface area contributed by atoms with Gasteiger partial charge in [0.15, 0.2) is 0 Å². The Labute approximate surface area is 71.1 Å². The van der Waals surface area contributed by atoms with Crippen molar-refractivity contribution in [2.75, 3.05) is 0 Å². The number of halogens is 1. The number of aliphatic hydroxyl groups is 1. The lowest BCUT2D eigenvalue weighted by atomic mass is 10.1. The molecule has 1 N–H and O–H groups in total. The van der Waals surface area contributed by atoms with Gasteiger partial charge in [-0.25, -0.2) is 4.39 Å². The summed E-state index contributed by atoms with van der Waals surface area (Å²) in [5.41, 5.74) is 0.429. The van der Waals surface area contributed by atoms with Crippen molar-refractivity contribution in [2.24, 2.45) is 0 Å². The zero-order chi connectivity index (χ0) is 8.97. The molecule has 0 aliphatic carbocycles. The number of aliphatic hydroxyl groups excluding tert-OH is 1. The van der Waals surface area contributed by atoms with Gasteiger partial charge in [-0.1, -0.05) is 0 Å². The van der Waals surface area contributed by atoms with Crippen LogP contribution in [0.3, 0.4) is 0 Å². The Kier molecular flexibility index (Phi) is 3.17. The second-order valence-corrected chi connectivity index (χ2v) is 2.82. The number of aromatic nitrogens is 1. The van der Waals surface area contributed by atoms with Crippen molar-refractivity contribution < 1.29 is 9.50 Å². The topological polar surface area (TPSA) is 33.1 Å². The van der Waals surface area contributed by atoms with Gasteiger partial charge in [0, 0.05) is 6.20 Å². The molecule has 12 heavy (non-hydrogen) atoms. The molecule has 2 nitrogen and oxygen atoms in total. The summed E-state index contributed by atoms with van der Waals surface area (Å²) in [6, 6.07) is 2.94. The monoisotopic (exact) mass is 169 g/mol. The summed E-state index contributed by atoms with van der Waals surface area (Å²) in [7, 11) is 0. The first kappa shape index (κ1) is 9.13. The lowest BCUT2D eigenvalue weighted by Gasteiger charge is -2.03. The lowest BCUT2D eigenvalue weighted by Crippen LogP contribution is -2.03. The van der Waals surface area contributed by atoms with Crippen molar-refractivity contribution in [3.8, 4) is 0 Å². The molecule has 1 heterocycles. The summed E-state index contributed by atoms with van der Waals surface area (Å²) >= 11 is 0. The van der Waals surface area contributed by atoms with Gasteiger partial charge in [0.1, 0.15) is 5.82 Å². The molecule has 0 aliphatic rings. The quantitative estimate of drug-likeness (QED) is 0.744. The number of rotatable bonds is 3. The highest BCUT2D eigenvalue weighted by Gasteiger charge is 2.03. The van der Waals surface area contributed by atoms with Gasteiger partial charge >= 0.3 is 0 Å². The van der Waals surface area contributed by atoms with E-state index < -0.39 is 6.10 Å². The Morgan fingerprint density at radius 1 is 1.67 bits per heavy atom. The van der Waals surface area contributed by atoms with Gasteiger partial charge in [-0.15, -0.1) is 0 Å².